The summed E-state index contributed by atoms with van der Waals surface area (Å²) in [5.74, 6) is -0.779. The monoisotopic (exact) mass is 407 g/mol. The zero-order valence-corrected chi connectivity index (χ0v) is 17.0. The Balaban J connectivity index is 1.87. The van der Waals surface area contributed by atoms with Gasteiger partial charge in [-0.3, -0.25) is 0 Å². The van der Waals surface area contributed by atoms with Crippen molar-refractivity contribution in [2.24, 2.45) is 0 Å². The van der Waals surface area contributed by atoms with E-state index in [4.69, 9.17) is 9.47 Å². The minimum Gasteiger partial charge on any atom is -0.496 e. The lowest BCUT2D eigenvalue weighted by Gasteiger charge is -2.27. The normalized spacial score (nSPS) is 12.9. The number of ether oxygens (including phenoxy) is 2. The van der Waals surface area contributed by atoms with Crippen LogP contribution in [0, 0.1) is 11.6 Å². The van der Waals surface area contributed by atoms with Crippen molar-refractivity contribution in [1.82, 2.24) is 15.5 Å². The Bertz CT molecular complexity index is 818. The first-order valence-electron chi connectivity index (χ1n) is 9.23. The lowest BCUT2D eigenvalue weighted by molar-refractivity contribution is 0.218. The fraction of sp³-hybridized carbons (Fsp3) is 0.381. The van der Waals surface area contributed by atoms with Crippen LogP contribution in [0.2, 0.25) is 0 Å². The minimum absolute atomic E-state index is 0.0413. The van der Waals surface area contributed by atoms with E-state index in [1.165, 1.54) is 6.07 Å². The van der Waals surface area contributed by atoms with Gasteiger partial charge in [0.05, 0.1) is 19.2 Å². The number of carbonyl (C=O) groups is 1. The standard InChI is InChI=1S/C21H27F2N3O3/c1-14(13-29-20-10-9-15(22)11-17(20)23)25-21(27)24-12-18(26(2)3)16-7-5-6-8-19(16)28-4/h5-11,14,18H,12-13H2,1-4H3,(H2,24,25,27). The molecule has 0 radical (unpaired) electrons. The summed E-state index contributed by atoms with van der Waals surface area (Å²) in [6, 6.07) is 9.87. The molecule has 8 heteroatoms. The first kappa shape index (κ1) is 22.4. The van der Waals surface area contributed by atoms with E-state index >= 15 is 0 Å². The van der Waals surface area contributed by atoms with E-state index in [0.29, 0.717) is 6.54 Å². The molecule has 2 rings (SSSR count). The van der Waals surface area contributed by atoms with Gasteiger partial charge >= 0.3 is 6.03 Å². The molecule has 2 aromatic rings. The number of para-hydroxylation sites is 1. The molecule has 2 aromatic carbocycles. The molecular weight excluding hydrogens is 380 g/mol. The Hall–Kier alpha value is -2.87. The first-order valence-corrected chi connectivity index (χ1v) is 9.23. The smallest absolute Gasteiger partial charge is 0.315 e. The number of urea groups is 1. The highest BCUT2D eigenvalue weighted by Crippen LogP contribution is 2.27. The first-order chi connectivity index (χ1) is 13.8. The van der Waals surface area contributed by atoms with Crippen LogP contribution in [-0.2, 0) is 0 Å². The number of likely N-dealkylation sites (N-methyl/N-ethyl adjacent to an activating group) is 1. The van der Waals surface area contributed by atoms with Crippen LogP contribution < -0.4 is 20.1 Å². The Labute approximate surface area is 169 Å². The third kappa shape index (κ3) is 6.60. The van der Waals surface area contributed by atoms with Crippen LogP contribution in [0.5, 0.6) is 11.5 Å². The maximum absolute atomic E-state index is 13.6. The van der Waals surface area contributed by atoms with E-state index in [-0.39, 0.29) is 30.5 Å². The largest absolute Gasteiger partial charge is 0.496 e. The van der Waals surface area contributed by atoms with Crippen molar-refractivity contribution in [3.8, 4) is 11.5 Å². The molecule has 0 saturated carbocycles. The molecule has 0 spiro atoms. The van der Waals surface area contributed by atoms with E-state index in [0.717, 1.165) is 23.4 Å². The molecule has 0 saturated heterocycles. The zero-order valence-electron chi connectivity index (χ0n) is 17.0. The van der Waals surface area contributed by atoms with Gasteiger partial charge in [-0.25, -0.2) is 13.6 Å². The van der Waals surface area contributed by atoms with Crippen LogP contribution in [0.15, 0.2) is 42.5 Å². The van der Waals surface area contributed by atoms with Gasteiger partial charge in [-0.1, -0.05) is 18.2 Å². The summed E-state index contributed by atoms with van der Waals surface area (Å²) < 4.78 is 37.2. The van der Waals surface area contributed by atoms with Crippen LogP contribution in [0.3, 0.4) is 0 Å². The van der Waals surface area contributed by atoms with Crippen LogP contribution >= 0.6 is 0 Å². The van der Waals surface area contributed by atoms with Crippen molar-refractivity contribution in [1.29, 1.82) is 0 Å². The van der Waals surface area contributed by atoms with Crippen molar-refractivity contribution < 1.29 is 23.0 Å². The minimum atomic E-state index is -0.785. The summed E-state index contributed by atoms with van der Waals surface area (Å²) in [4.78, 5) is 14.2. The summed E-state index contributed by atoms with van der Waals surface area (Å²) in [6.07, 6.45) is 0. The number of amides is 2. The average Bonchev–Trinajstić information content (AvgIpc) is 2.67. The summed E-state index contributed by atoms with van der Waals surface area (Å²) in [7, 11) is 5.45. The van der Waals surface area contributed by atoms with E-state index in [2.05, 4.69) is 10.6 Å². The summed E-state index contributed by atoms with van der Waals surface area (Å²) >= 11 is 0. The molecule has 0 aromatic heterocycles. The van der Waals surface area contributed by atoms with Gasteiger partial charge in [0.25, 0.3) is 0 Å². The second-order valence-corrected chi connectivity index (χ2v) is 6.86. The van der Waals surface area contributed by atoms with E-state index in [1.54, 1.807) is 14.0 Å². The number of methoxy groups -OCH3 is 1. The number of benzene rings is 2. The van der Waals surface area contributed by atoms with E-state index < -0.39 is 11.6 Å². The lowest BCUT2D eigenvalue weighted by atomic mass is 10.0. The molecule has 2 unspecified atom stereocenters. The molecule has 0 aliphatic rings. The fourth-order valence-electron chi connectivity index (χ4n) is 2.83. The van der Waals surface area contributed by atoms with Gasteiger partial charge in [-0.2, -0.15) is 0 Å². The van der Waals surface area contributed by atoms with E-state index in [1.807, 2.05) is 43.3 Å². The van der Waals surface area contributed by atoms with Crippen molar-refractivity contribution in [2.75, 3.05) is 34.4 Å². The van der Waals surface area contributed by atoms with Gasteiger partial charge in [0, 0.05) is 18.2 Å². The maximum Gasteiger partial charge on any atom is 0.315 e. The van der Waals surface area contributed by atoms with Gasteiger partial charge in [-0.15, -0.1) is 0 Å². The number of halogens is 2. The van der Waals surface area contributed by atoms with Gasteiger partial charge in [0.15, 0.2) is 11.6 Å². The van der Waals surface area contributed by atoms with Crippen molar-refractivity contribution in [3.05, 3.63) is 59.7 Å². The van der Waals surface area contributed by atoms with Crippen LogP contribution in [0.25, 0.3) is 0 Å². The van der Waals surface area contributed by atoms with Crippen molar-refractivity contribution >= 4 is 6.03 Å². The second-order valence-electron chi connectivity index (χ2n) is 6.86. The van der Waals surface area contributed by atoms with Crippen molar-refractivity contribution in [3.63, 3.8) is 0 Å². The number of hydrogen-bond donors (Lipinski definition) is 2. The molecule has 0 aliphatic heterocycles. The number of nitrogens with one attached hydrogen (secondary N) is 2. The molecule has 6 nitrogen and oxygen atoms in total. The van der Waals surface area contributed by atoms with Crippen LogP contribution in [0.1, 0.15) is 18.5 Å². The molecular formula is C21H27F2N3O3. The summed E-state index contributed by atoms with van der Waals surface area (Å²) in [6.45, 7) is 2.13. The molecule has 0 heterocycles. The summed E-state index contributed by atoms with van der Waals surface area (Å²) in [5.41, 5.74) is 0.962. The zero-order chi connectivity index (χ0) is 21.4. The highest BCUT2D eigenvalue weighted by Gasteiger charge is 2.19. The Morgan fingerprint density at radius 3 is 2.52 bits per heavy atom. The average molecular weight is 407 g/mol. The third-order valence-electron chi connectivity index (χ3n) is 4.34. The molecule has 158 valence electrons. The predicted molar refractivity (Wildman–Crippen MR) is 107 cm³/mol. The molecule has 2 atom stereocenters. The Morgan fingerprint density at radius 2 is 1.86 bits per heavy atom. The Kier molecular flexibility index (Phi) is 8.21. The van der Waals surface area contributed by atoms with Gasteiger partial charge < -0.3 is 25.0 Å². The highest BCUT2D eigenvalue weighted by atomic mass is 19.1. The molecule has 2 N–H and O–H groups in total. The number of carbonyl (C=O) groups excluding carboxylic acids is 1. The van der Waals surface area contributed by atoms with Crippen LogP contribution in [-0.4, -0.2) is 51.3 Å². The van der Waals surface area contributed by atoms with Gasteiger partial charge in [-0.05, 0) is 39.2 Å². The SMILES string of the molecule is COc1ccccc1C(CNC(=O)NC(C)COc1ccc(F)cc1F)N(C)C. The van der Waals surface area contributed by atoms with Gasteiger partial charge in [0.1, 0.15) is 18.2 Å². The maximum atomic E-state index is 13.6. The lowest BCUT2D eigenvalue weighted by Crippen LogP contribution is -2.45. The molecule has 0 aliphatic carbocycles. The van der Waals surface area contributed by atoms with E-state index in [9.17, 15) is 13.6 Å². The fourth-order valence-corrected chi connectivity index (χ4v) is 2.83. The number of hydrogen-bond acceptors (Lipinski definition) is 4. The van der Waals surface area contributed by atoms with Gasteiger partial charge in [0.2, 0.25) is 0 Å². The Morgan fingerprint density at radius 1 is 1.14 bits per heavy atom. The topological polar surface area (TPSA) is 62.8 Å². The quantitative estimate of drug-likeness (QED) is 0.669. The molecule has 29 heavy (non-hydrogen) atoms. The molecule has 2 amide bonds. The second kappa shape index (κ2) is 10.6. The third-order valence-corrected chi connectivity index (χ3v) is 4.34. The molecule has 0 fully saturated rings. The number of rotatable bonds is 9. The van der Waals surface area contributed by atoms with Crippen LogP contribution in [0.4, 0.5) is 13.6 Å². The summed E-state index contributed by atoms with van der Waals surface area (Å²) in [5, 5.41) is 5.57. The molecule has 0 bridgehead atoms. The predicted octanol–water partition coefficient (Wildman–Crippen LogP) is 3.34. The highest BCUT2D eigenvalue weighted by molar-refractivity contribution is 5.74. The van der Waals surface area contributed by atoms with Crippen molar-refractivity contribution in [2.45, 2.75) is 19.0 Å². The number of nitrogens with zero attached hydrogens (tertiary/aromatic N) is 1.